The van der Waals surface area contributed by atoms with Crippen molar-refractivity contribution in [1.29, 1.82) is 0 Å². The monoisotopic (exact) mass is 273 g/mol. The third-order valence-corrected chi connectivity index (χ3v) is 4.37. The summed E-state index contributed by atoms with van der Waals surface area (Å²) in [5.74, 6) is 0.464. The van der Waals surface area contributed by atoms with E-state index in [2.05, 4.69) is 9.71 Å². The molecule has 1 atom stereocenters. The van der Waals surface area contributed by atoms with E-state index in [1.54, 1.807) is 19.1 Å². The van der Waals surface area contributed by atoms with Gasteiger partial charge in [0.2, 0.25) is 15.9 Å². The molecule has 0 amide bonds. The van der Waals surface area contributed by atoms with Crippen LogP contribution in [-0.4, -0.2) is 31.8 Å². The molecular weight excluding hydrogens is 254 g/mol. The Morgan fingerprint density at radius 2 is 2.17 bits per heavy atom. The Balaban J connectivity index is 2.78. The summed E-state index contributed by atoms with van der Waals surface area (Å²) < 4.78 is 31.5. The van der Waals surface area contributed by atoms with Gasteiger partial charge in [-0.15, -0.1) is 0 Å². The number of pyridine rings is 1. The highest BCUT2D eigenvalue weighted by atomic mass is 32.2. The quantitative estimate of drug-likeness (QED) is 0.771. The van der Waals surface area contributed by atoms with Gasteiger partial charge in [-0.1, -0.05) is 6.92 Å². The molecule has 0 saturated heterocycles. The van der Waals surface area contributed by atoms with Crippen molar-refractivity contribution in [1.82, 2.24) is 4.98 Å². The van der Waals surface area contributed by atoms with Crippen LogP contribution in [0.15, 0.2) is 18.3 Å². The Morgan fingerprint density at radius 3 is 2.61 bits per heavy atom. The van der Waals surface area contributed by atoms with Gasteiger partial charge in [0, 0.05) is 12.6 Å². The lowest BCUT2D eigenvalue weighted by atomic mass is 10.3. The molecule has 0 saturated carbocycles. The van der Waals surface area contributed by atoms with Gasteiger partial charge in [-0.3, -0.25) is 4.72 Å². The average Bonchev–Trinajstić information content (AvgIpc) is 2.33. The second-order valence-electron chi connectivity index (χ2n) is 3.73. The van der Waals surface area contributed by atoms with Crippen LogP contribution in [-0.2, 0) is 10.0 Å². The molecule has 18 heavy (non-hydrogen) atoms. The third kappa shape index (κ3) is 3.85. The smallest absolute Gasteiger partial charge is 0.236 e. The van der Waals surface area contributed by atoms with Crippen molar-refractivity contribution in [3.05, 3.63) is 18.3 Å². The van der Waals surface area contributed by atoms with Crippen molar-refractivity contribution < 1.29 is 13.2 Å². The molecule has 0 bridgehead atoms. The van der Waals surface area contributed by atoms with Gasteiger partial charge in [0.15, 0.2) is 0 Å². The molecule has 0 aliphatic carbocycles. The summed E-state index contributed by atoms with van der Waals surface area (Å²) >= 11 is 0. The topological polar surface area (TPSA) is 94.3 Å². The first-order chi connectivity index (χ1) is 8.53. The van der Waals surface area contributed by atoms with Crippen molar-refractivity contribution in [2.45, 2.75) is 25.5 Å². The number of anilines is 1. The number of sulfonamides is 1. The van der Waals surface area contributed by atoms with Crippen LogP contribution in [0, 0.1) is 0 Å². The average molecular weight is 273 g/mol. The molecule has 1 heterocycles. The highest BCUT2D eigenvalue weighted by Gasteiger charge is 2.22. The molecular formula is C11H19N3O3S. The lowest BCUT2D eigenvalue weighted by Gasteiger charge is -2.15. The van der Waals surface area contributed by atoms with Gasteiger partial charge in [0.1, 0.15) is 0 Å². The zero-order chi connectivity index (χ0) is 13.6. The zero-order valence-electron chi connectivity index (χ0n) is 10.6. The van der Waals surface area contributed by atoms with Crippen molar-refractivity contribution in [2.24, 2.45) is 5.73 Å². The fourth-order valence-corrected chi connectivity index (χ4v) is 2.74. The fourth-order valence-electron chi connectivity index (χ4n) is 1.43. The summed E-state index contributed by atoms with van der Waals surface area (Å²) in [6.45, 7) is 4.25. The summed E-state index contributed by atoms with van der Waals surface area (Å²) in [6.07, 6.45) is 1.89. The number of aromatic nitrogens is 1. The summed E-state index contributed by atoms with van der Waals surface area (Å²) in [6, 6.07) is 3.23. The van der Waals surface area contributed by atoms with Gasteiger partial charge in [0.25, 0.3) is 0 Å². The minimum absolute atomic E-state index is 0.0935. The van der Waals surface area contributed by atoms with Gasteiger partial charge < -0.3 is 10.5 Å². The number of ether oxygens (including phenoxy) is 1. The number of nitrogens with one attached hydrogen (secondary N) is 1. The zero-order valence-corrected chi connectivity index (χ0v) is 11.4. The lowest BCUT2D eigenvalue weighted by Crippen LogP contribution is -2.33. The van der Waals surface area contributed by atoms with Gasteiger partial charge in [0.05, 0.1) is 23.7 Å². The molecule has 3 N–H and O–H groups in total. The molecule has 0 aromatic carbocycles. The molecule has 6 nitrogen and oxygen atoms in total. The first-order valence-corrected chi connectivity index (χ1v) is 7.38. The van der Waals surface area contributed by atoms with E-state index in [0.29, 0.717) is 24.6 Å². The Kier molecular flexibility index (Phi) is 5.36. The molecule has 0 aliphatic rings. The predicted octanol–water partition coefficient (Wildman–Crippen LogP) is 0.959. The molecule has 7 heteroatoms. The maximum Gasteiger partial charge on any atom is 0.236 e. The molecule has 0 fully saturated rings. The van der Waals surface area contributed by atoms with Gasteiger partial charge in [-0.2, -0.15) is 0 Å². The van der Waals surface area contributed by atoms with E-state index in [4.69, 9.17) is 10.5 Å². The Bertz CT molecular complexity index is 455. The van der Waals surface area contributed by atoms with E-state index in [1.807, 2.05) is 6.92 Å². The van der Waals surface area contributed by atoms with E-state index in [0.717, 1.165) is 0 Å². The molecule has 102 valence electrons. The fraction of sp³-hybridized carbons (Fsp3) is 0.545. The van der Waals surface area contributed by atoms with Crippen LogP contribution < -0.4 is 15.2 Å². The van der Waals surface area contributed by atoms with Crippen LogP contribution in [0.5, 0.6) is 5.88 Å². The SMILES string of the molecule is CCOc1ccc(NS(=O)(=O)C(CC)CN)cn1. The Hall–Kier alpha value is -1.34. The van der Waals surface area contributed by atoms with Gasteiger partial charge >= 0.3 is 0 Å². The van der Waals surface area contributed by atoms with Crippen LogP contribution in [0.4, 0.5) is 5.69 Å². The molecule has 1 unspecified atom stereocenters. The molecule has 1 aromatic rings. The lowest BCUT2D eigenvalue weighted by molar-refractivity contribution is 0.327. The first kappa shape index (κ1) is 14.7. The normalized spacial score (nSPS) is 13.1. The van der Waals surface area contributed by atoms with E-state index in [-0.39, 0.29) is 6.54 Å². The van der Waals surface area contributed by atoms with Crippen LogP contribution in [0.1, 0.15) is 20.3 Å². The number of rotatable bonds is 7. The minimum Gasteiger partial charge on any atom is -0.478 e. The largest absolute Gasteiger partial charge is 0.478 e. The van der Waals surface area contributed by atoms with E-state index in [1.165, 1.54) is 6.20 Å². The number of nitrogens with two attached hydrogens (primary N) is 1. The van der Waals surface area contributed by atoms with Crippen molar-refractivity contribution >= 4 is 15.7 Å². The minimum atomic E-state index is -3.46. The molecule has 0 radical (unpaired) electrons. The van der Waals surface area contributed by atoms with Gasteiger partial charge in [-0.25, -0.2) is 13.4 Å². The van der Waals surface area contributed by atoms with Crippen molar-refractivity contribution in [2.75, 3.05) is 17.9 Å². The number of hydrogen-bond acceptors (Lipinski definition) is 5. The highest BCUT2D eigenvalue weighted by Crippen LogP contribution is 2.15. The second kappa shape index (κ2) is 6.55. The summed E-state index contributed by atoms with van der Waals surface area (Å²) in [7, 11) is -3.46. The van der Waals surface area contributed by atoms with Crippen LogP contribution in [0.2, 0.25) is 0 Å². The Morgan fingerprint density at radius 1 is 1.44 bits per heavy atom. The summed E-state index contributed by atoms with van der Waals surface area (Å²) in [5.41, 5.74) is 5.84. The Labute approximate surface area is 108 Å². The maximum atomic E-state index is 11.9. The summed E-state index contributed by atoms with van der Waals surface area (Å²) in [5, 5.41) is -0.593. The second-order valence-corrected chi connectivity index (χ2v) is 5.69. The van der Waals surface area contributed by atoms with E-state index < -0.39 is 15.3 Å². The number of hydrogen-bond donors (Lipinski definition) is 2. The van der Waals surface area contributed by atoms with Crippen LogP contribution in [0.3, 0.4) is 0 Å². The molecule has 0 spiro atoms. The van der Waals surface area contributed by atoms with Crippen LogP contribution >= 0.6 is 0 Å². The standard InChI is InChI=1S/C11H19N3O3S/c1-3-10(7-12)18(15,16)14-9-5-6-11(13-8-9)17-4-2/h5-6,8,10,14H,3-4,7,12H2,1-2H3. The van der Waals surface area contributed by atoms with E-state index >= 15 is 0 Å². The highest BCUT2D eigenvalue weighted by molar-refractivity contribution is 7.93. The van der Waals surface area contributed by atoms with E-state index in [9.17, 15) is 8.42 Å². The maximum absolute atomic E-state index is 11.9. The first-order valence-electron chi connectivity index (χ1n) is 5.84. The molecule has 1 aromatic heterocycles. The molecule has 0 aliphatic heterocycles. The van der Waals surface area contributed by atoms with Crippen molar-refractivity contribution in [3.63, 3.8) is 0 Å². The van der Waals surface area contributed by atoms with Crippen molar-refractivity contribution in [3.8, 4) is 5.88 Å². The van der Waals surface area contributed by atoms with Crippen LogP contribution in [0.25, 0.3) is 0 Å². The molecule has 1 rings (SSSR count). The predicted molar refractivity (Wildman–Crippen MR) is 71.1 cm³/mol. The number of nitrogens with zero attached hydrogens (tertiary/aromatic N) is 1. The summed E-state index contributed by atoms with van der Waals surface area (Å²) in [4.78, 5) is 3.98. The third-order valence-electron chi connectivity index (χ3n) is 2.45. The van der Waals surface area contributed by atoms with Gasteiger partial charge in [-0.05, 0) is 19.4 Å².